The smallest absolute Gasteiger partial charge is 0.172 e. The molecule has 0 aliphatic rings. The molecule has 1 N–H and O–H groups in total. The number of rotatable bonds is 2. The molecule has 0 saturated heterocycles. The van der Waals surface area contributed by atoms with Gasteiger partial charge < -0.3 is 5.11 Å². The van der Waals surface area contributed by atoms with Gasteiger partial charge in [-0.05, 0) is 35.1 Å². The fourth-order valence-electron chi connectivity index (χ4n) is 0.400. The molecule has 0 fully saturated rings. The Labute approximate surface area is 56.9 Å². The van der Waals surface area contributed by atoms with Crippen molar-refractivity contribution in [3.63, 3.8) is 0 Å². The van der Waals surface area contributed by atoms with Crippen LogP contribution >= 0.6 is 0 Å². The highest BCUT2D eigenvalue weighted by atomic mass is 16.3. The van der Waals surface area contributed by atoms with Crippen LogP contribution in [0, 0.1) is 0 Å². The molecule has 9 heavy (non-hydrogen) atoms. The molecule has 0 aliphatic carbocycles. The quantitative estimate of drug-likeness (QED) is 0.526. The first-order valence-electron chi connectivity index (χ1n) is 2.96. The summed E-state index contributed by atoms with van der Waals surface area (Å²) in [5.41, 5.74) is 0. The highest BCUT2D eigenvalue weighted by Gasteiger charge is 2.24. The van der Waals surface area contributed by atoms with Gasteiger partial charge in [0.05, 0.1) is 0 Å². The van der Waals surface area contributed by atoms with E-state index >= 15 is 0 Å². The lowest BCUT2D eigenvalue weighted by Gasteiger charge is -2.36. The summed E-state index contributed by atoms with van der Waals surface area (Å²) in [7, 11) is 7.33. The predicted molar refractivity (Wildman–Crippen MR) is 38.0 cm³/mol. The molecular formula is C6H16N2O. The van der Waals surface area contributed by atoms with Gasteiger partial charge in [-0.25, -0.2) is 0 Å². The van der Waals surface area contributed by atoms with Gasteiger partial charge in [0.15, 0.2) is 5.85 Å². The summed E-state index contributed by atoms with van der Waals surface area (Å²) in [4.78, 5) is 3.49. The van der Waals surface area contributed by atoms with Gasteiger partial charge in [-0.2, -0.15) is 0 Å². The van der Waals surface area contributed by atoms with Crippen LogP contribution in [0.25, 0.3) is 0 Å². The molecule has 3 nitrogen and oxygen atoms in total. The van der Waals surface area contributed by atoms with Crippen LogP contribution < -0.4 is 0 Å². The number of hydrogen-bond donors (Lipinski definition) is 1. The topological polar surface area (TPSA) is 26.7 Å². The lowest BCUT2D eigenvalue weighted by atomic mass is 10.4. The molecule has 0 atom stereocenters. The maximum absolute atomic E-state index is 9.52. The molecular weight excluding hydrogens is 116 g/mol. The van der Waals surface area contributed by atoms with E-state index in [0.29, 0.717) is 0 Å². The van der Waals surface area contributed by atoms with Crippen LogP contribution in [0.5, 0.6) is 0 Å². The molecule has 0 unspecified atom stereocenters. The second-order valence-electron chi connectivity index (χ2n) is 2.76. The van der Waals surface area contributed by atoms with Crippen molar-refractivity contribution in [3.8, 4) is 0 Å². The van der Waals surface area contributed by atoms with E-state index in [1.54, 1.807) is 16.7 Å². The summed E-state index contributed by atoms with van der Waals surface area (Å²) >= 11 is 0. The highest BCUT2D eigenvalue weighted by molar-refractivity contribution is 4.63. The molecule has 0 heterocycles. The summed E-state index contributed by atoms with van der Waals surface area (Å²) in [5.74, 6) is -0.833. The van der Waals surface area contributed by atoms with E-state index in [2.05, 4.69) is 0 Å². The van der Waals surface area contributed by atoms with Crippen LogP contribution in [0.3, 0.4) is 0 Å². The van der Waals surface area contributed by atoms with Crippen LogP contribution in [0.1, 0.15) is 6.92 Å². The Bertz CT molecular complexity index is 79.1. The first-order valence-corrected chi connectivity index (χ1v) is 2.96. The van der Waals surface area contributed by atoms with E-state index in [9.17, 15) is 5.11 Å². The third-order valence-corrected chi connectivity index (χ3v) is 1.69. The molecule has 0 aliphatic heterocycles. The second-order valence-corrected chi connectivity index (χ2v) is 2.76. The van der Waals surface area contributed by atoms with Gasteiger partial charge in [0, 0.05) is 0 Å². The molecule has 0 amide bonds. The third kappa shape index (κ3) is 1.93. The predicted octanol–water partition coefficient (Wildman–Crippen LogP) is -0.224. The highest BCUT2D eigenvalue weighted by Crippen LogP contribution is 2.07. The Morgan fingerprint density at radius 2 is 1.22 bits per heavy atom. The van der Waals surface area contributed by atoms with Crippen LogP contribution in [0.15, 0.2) is 0 Å². The summed E-state index contributed by atoms with van der Waals surface area (Å²) < 4.78 is 0. The van der Waals surface area contributed by atoms with E-state index in [1.807, 2.05) is 28.2 Å². The van der Waals surface area contributed by atoms with E-state index in [4.69, 9.17) is 0 Å². The summed E-state index contributed by atoms with van der Waals surface area (Å²) in [6.45, 7) is 1.74. The lowest BCUT2D eigenvalue weighted by molar-refractivity contribution is -0.166. The lowest BCUT2D eigenvalue weighted by Crippen LogP contribution is -2.52. The molecule has 0 aromatic rings. The molecule has 0 aromatic heterocycles. The fraction of sp³-hybridized carbons (Fsp3) is 1.00. The SMILES string of the molecule is CN(C)C(C)(O)N(C)C. The molecule has 3 heteroatoms. The van der Waals surface area contributed by atoms with Crippen LogP contribution in [0.4, 0.5) is 0 Å². The normalized spacial score (nSPS) is 13.3. The monoisotopic (exact) mass is 132 g/mol. The van der Waals surface area contributed by atoms with Gasteiger partial charge in [0.25, 0.3) is 0 Å². The minimum Gasteiger partial charge on any atom is -0.363 e. The van der Waals surface area contributed by atoms with Crippen molar-refractivity contribution in [1.29, 1.82) is 0 Å². The maximum Gasteiger partial charge on any atom is 0.172 e. The van der Waals surface area contributed by atoms with Crippen molar-refractivity contribution in [3.05, 3.63) is 0 Å². The minimum absolute atomic E-state index is 0.833. The molecule has 0 saturated carbocycles. The fourth-order valence-corrected chi connectivity index (χ4v) is 0.400. The van der Waals surface area contributed by atoms with Crippen LogP contribution in [-0.2, 0) is 0 Å². The van der Waals surface area contributed by atoms with Crippen LogP contribution in [-0.4, -0.2) is 48.9 Å². The van der Waals surface area contributed by atoms with Gasteiger partial charge >= 0.3 is 0 Å². The van der Waals surface area contributed by atoms with Gasteiger partial charge in [-0.1, -0.05) is 0 Å². The number of aliphatic hydroxyl groups is 1. The Hall–Kier alpha value is -0.120. The average Bonchev–Trinajstić information content (AvgIpc) is 1.65. The molecule has 0 radical (unpaired) electrons. The van der Waals surface area contributed by atoms with E-state index < -0.39 is 5.85 Å². The Kier molecular flexibility index (Phi) is 2.61. The third-order valence-electron chi connectivity index (χ3n) is 1.69. The van der Waals surface area contributed by atoms with E-state index in [-0.39, 0.29) is 0 Å². The van der Waals surface area contributed by atoms with Crippen molar-refractivity contribution < 1.29 is 5.11 Å². The Morgan fingerprint density at radius 1 is 1.00 bits per heavy atom. The van der Waals surface area contributed by atoms with Gasteiger partial charge in [0.2, 0.25) is 0 Å². The molecule has 0 rings (SSSR count). The Balaban J connectivity index is 4.01. The molecule has 0 aromatic carbocycles. The summed E-state index contributed by atoms with van der Waals surface area (Å²) in [5, 5.41) is 9.52. The van der Waals surface area contributed by atoms with Crippen molar-refractivity contribution in [2.24, 2.45) is 0 Å². The zero-order chi connectivity index (χ0) is 7.65. The van der Waals surface area contributed by atoms with Crippen molar-refractivity contribution in [2.45, 2.75) is 12.8 Å². The molecule has 0 bridgehead atoms. The number of nitrogens with zero attached hydrogens (tertiary/aromatic N) is 2. The van der Waals surface area contributed by atoms with Crippen LogP contribution in [0.2, 0.25) is 0 Å². The van der Waals surface area contributed by atoms with Gasteiger partial charge in [-0.15, -0.1) is 0 Å². The molecule has 0 spiro atoms. The van der Waals surface area contributed by atoms with Crippen molar-refractivity contribution >= 4 is 0 Å². The maximum atomic E-state index is 9.52. The average molecular weight is 132 g/mol. The van der Waals surface area contributed by atoms with Crippen molar-refractivity contribution in [1.82, 2.24) is 9.80 Å². The van der Waals surface area contributed by atoms with E-state index in [0.717, 1.165) is 0 Å². The van der Waals surface area contributed by atoms with Crippen molar-refractivity contribution in [2.75, 3.05) is 28.2 Å². The number of hydrogen-bond acceptors (Lipinski definition) is 3. The summed E-state index contributed by atoms with van der Waals surface area (Å²) in [6.07, 6.45) is 0. The zero-order valence-electron chi connectivity index (χ0n) is 6.84. The summed E-state index contributed by atoms with van der Waals surface area (Å²) in [6, 6.07) is 0. The zero-order valence-corrected chi connectivity index (χ0v) is 6.84. The minimum atomic E-state index is -0.833. The van der Waals surface area contributed by atoms with Gasteiger partial charge in [-0.3, -0.25) is 9.80 Å². The molecule has 56 valence electrons. The van der Waals surface area contributed by atoms with Gasteiger partial charge in [0.1, 0.15) is 0 Å². The standard InChI is InChI=1S/C6H16N2O/c1-6(9,7(2)3)8(4)5/h9H,1-5H3. The largest absolute Gasteiger partial charge is 0.363 e. The Morgan fingerprint density at radius 3 is 1.22 bits per heavy atom. The first kappa shape index (κ1) is 8.88. The second kappa shape index (κ2) is 2.64. The van der Waals surface area contributed by atoms with E-state index in [1.165, 1.54) is 0 Å². The first-order chi connectivity index (χ1) is 3.89.